The molecule has 0 unspecified atom stereocenters. The van der Waals surface area contributed by atoms with Crippen molar-refractivity contribution in [3.8, 4) is 0 Å². The van der Waals surface area contributed by atoms with Gasteiger partial charge in [0, 0.05) is 38.1 Å². The van der Waals surface area contributed by atoms with E-state index in [1.807, 2.05) is 0 Å². The van der Waals surface area contributed by atoms with Crippen LogP contribution in [-0.2, 0) is 9.84 Å². The van der Waals surface area contributed by atoms with Crippen molar-refractivity contribution in [1.29, 1.82) is 0 Å². The molecular formula is C14H15ClFN5O4S. The molecule has 1 atom stereocenters. The number of hydrogen-bond donors (Lipinski definition) is 1. The number of carbonyl (C=O) groups is 1. The molecule has 0 bridgehead atoms. The first-order valence-electron chi connectivity index (χ1n) is 7.56. The predicted molar refractivity (Wildman–Crippen MR) is 91.8 cm³/mol. The number of amides is 1. The Morgan fingerprint density at radius 1 is 1.38 bits per heavy atom. The van der Waals surface area contributed by atoms with Crippen LogP contribution in [0.25, 0.3) is 10.9 Å². The summed E-state index contributed by atoms with van der Waals surface area (Å²) >= 11 is 5.69. The van der Waals surface area contributed by atoms with Gasteiger partial charge in [0.25, 0.3) is 0 Å². The first kappa shape index (κ1) is 18.5. The fraction of sp³-hybridized carbons (Fsp3) is 0.429. The van der Waals surface area contributed by atoms with Gasteiger partial charge in [-0.05, 0) is 6.92 Å². The maximum atomic E-state index is 14.4. The van der Waals surface area contributed by atoms with Crippen LogP contribution in [-0.4, -0.2) is 71.4 Å². The van der Waals surface area contributed by atoms with Crippen molar-refractivity contribution in [2.75, 3.05) is 30.8 Å². The number of pyridine rings is 1. The van der Waals surface area contributed by atoms with Crippen LogP contribution in [0.15, 0.2) is 11.4 Å². The predicted octanol–water partition coefficient (Wildman–Crippen LogP) is 1.41. The van der Waals surface area contributed by atoms with Crippen molar-refractivity contribution in [2.24, 2.45) is 0 Å². The molecule has 3 rings (SSSR count). The van der Waals surface area contributed by atoms with Crippen LogP contribution in [0.4, 0.5) is 15.0 Å². The lowest BCUT2D eigenvalue weighted by atomic mass is 10.1. The first-order chi connectivity index (χ1) is 12.1. The topological polar surface area (TPSA) is 117 Å². The van der Waals surface area contributed by atoms with Crippen LogP contribution in [0.3, 0.4) is 0 Å². The largest absolute Gasteiger partial charge is 0.465 e. The molecule has 12 heteroatoms. The lowest BCUT2D eigenvalue weighted by Gasteiger charge is -2.39. The molecule has 0 saturated carbocycles. The molecular weight excluding hydrogens is 389 g/mol. The summed E-state index contributed by atoms with van der Waals surface area (Å²) in [5, 5.41) is 8.38. The Morgan fingerprint density at radius 3 is 2.65 bits per heavy atom. The molecule has 140 valence electrons. The Morgan fingerprint density at radius 2 is 2.08 bits per heavy atom. The molecule has 1 aliphatic rings. The Labute approximate surface area is 153 Å². The smallest absolute Gasteiger partial charge is 0.407 e. The lowest BCUT2D eigenvalue weighted by Crippen LogP contribution is -2.53. The zero-order valence-electron chi connectivity index (χ0n) is 13.8. The zero-order chi connectivity index (χ0) is 19.2. The highest BCUT2D eigenvalue weighted by atomic mass is 35.5. The van der Waals surface area contributed by atoms with Crippen LogP contribution < -0.4 is 4.90 Å². The van der Waals surface area contributed by atoms with E-state index in [-0.39, 0.29) is 42.4 Å². The Bertz CT molecular complexity index is 1000. The van der Waals surface area contributed by atoms with E-state index in [2.05, 4.69) is 15.0 Å². The van der Waals surface area contributed by atoms with Gasteiger partial charge in [-0.3, -0.25) is 0 Å². The number of piperazine rings is 1. The van der Waals surface area contributed by atoms with Crippen molar-refractivity contribution in [1.82, 2.24) is 19.9 Å². The van der Waals surface area contributed by atoms with Gasteiger partial charge in [-0.25, -0.2) is 32.6 Å². The summed E-state index contributed by atoms with van der Waals surface area (Å²) < 4.78 is 38.3. The maximum Gasteiger partial charge on any atom is 0.407 e. The van der Waals surface area contributed by atoms with Gasteiger partial charge >= 0.3 is 6.09 Å². The number of nitrogens with zero attached hydrogens (tertiary/aromatic N) is 5. The van der Waals surface area contributed by atoms with Crippen molar-refractivity contribution in [3.05, 3.63) is 17.2 Å². The molecule has 9 nitrogen and oxygen atoms in total. The standard InChI is InChI=1S/C14H15ClFN5O4S/c1-7-6-20(14(22)23)3-4-21(7)12-8-5-17-11(15)9(16)10(8)18-13(19-12)26(2,24)25/h5,7H,3-4,6H2,1-2H3,(H,22,23)/t7-/m0/s1. The summed E-state index contributed by atoms with van der Waals surface area (Å²) in [6.45, 7) is 2.41. The van der Waals surface area contributed by atoms with Gasteiger partial charge in [0.15, 0.2) is 11.0 Å². The van der Waals surface area contributed by atoms with E-state index in [1.165, 1.54) is 11.1 Å². The zero-order valence-corrected chi connectivity index (χ0v) is 15.4. The average Bonchev–Trinajstić information content (AvgIpc) is 2.56. The molecule has 0 radical (unpaired) electrons. The van der Waals surface area contributed by atoms with Crippen molar-refractivity contribution < 1.29 is 22.7 Å². The van der Waals surface area contributed by atoms with Gasteiger partial charge in [-0.15, -0.1) is 0 Å². The second-order valence-electron chi connectivity index (χ2n) is 6.00. The molecule has 1 amide bonds. The minimum atomic E-state index is -3.81. The lowest BCUT2D eigenvalue weighted by molar-refractivity contribution is 0.136. The van der Waals surface area contributed by atoms with E-state index in [0.29, 0.717) is 0 Å². The number of halogens is 2. The second kappa shape index (κ2) is 6.47. The molecule has 26 heavy (non-hydrogen) atoms. The molecule has 0 aliphatic carbocycles. The van der Waals surface area contributed by atoms with Gasteiger partial charge in [-0.2, -0.15) is 0 Å². The Balaban J connectivity index is 2.19. The third kappa shape index (κ3) is 3.23. The molecule has 1 saturated heterocycles. The quantitative estimate of drug-likeness (QED) is 0.590. The number of hydrogen-bond acceptors (Lipinski definition) is 7. The SMILES string of the molecule is C[C@H]1CN(C(=O)O)CCN1c1nc(S(C)(=O)=O)nc2c(F)c(Cl)ncc12. The summed E-state index contributed by atoms with van der Waals surface area (Å²) in [6, 6.07) is -0.316. The van der Waals surface area contributed by atoms with Crippen molar-refractivity contribution in [2.45, 2.75) is 18.1 Å². The van der Waals surface area contributed by atoms with Crippen LogP contribution in [0, 0.1) is 5.82 Å². The fourth-order valence-electron chi connectivity index (χ4n) is 2.83. The summed E-state index contributed by atoms with van der Waals surface area (Å²) in [5.74, 6) is -0.759. The van der Waals surface area contributed by atoms with Crippen LogP contribution in [0.5, 0.6) is 0 Å². The minimum absolute atomic E-state index is 0.177. The number of rotatable bonds is 2. The Hall–Kier alpha value is -2.27. The third-order valence-corrected chi connectivity index (χ3v) is 5.21. The highest BCUT2D eigenvalue weighted by Crippen LogP contribution is 2.31. The van der Waals surface area contributed by atoms with E-state index in [4.69, 9.17) is 16.7 Å². The van der Waals surface area contributed by atoms with E-state index < -0.39 is 32.1 Å². The molecule has 1 fully saturated rings. The number of carboxylic acid groups (broad SMARTS) is 1. The van der Waals surface area contributed by atoms with E-state index in [1.54, 1.807) is 11.8 Å². The average molecular weight is 404 g/mol. The third-order valence-electron chi connectivity index (χ3n) is 4.10. The molecule has 2 aromatic rings. The van der Waals surface area contributed by atoms with Gasteiger partial charge in [0.2, 0.25) is 15.0 Å². The van der Waals surface area contributed by atoms with E-state index in [9.17, 15) is 17.6 Å². The van der Waals surface area contributed by atoms with Gasteiger partial charge in [0.1, 0.15) is 11.3 Å². The molecule has 0 spiro atoms. The van der Waals surface area contributed by atoms with Crippen molar-refractivity contribution in [3.63, 3.8) is 0 Å². The summed E-state index contributed by atoms with van der Waals surface area (Å²) in [7, 11) is -3.81. The molecule has 2 aromatic heterocycles. The van der Waals surface area contributed by atoms with Gasteiger partial charge < -0.3 is 14.9 Å². The number of fused-ring (bicyclic) bond motifs is 1. The summed E-state index contributed by atoms with van der Waals surface area (Å²) in [6.07, 6.45) is 1.16. The summed E-state index contributed by atoms with van der Waals surface area (Å²) in [5.41, 5.74) is -0.247. The monoisotopic (exact) mass is 403 g/mol. The highest BCUT2D eigenvalue weighted by Gasteiger charge is 2.30. The molecule has 0 aromatic carbocycles. The van der Waals surface area contributed by atoms with Gasteiger partial charge in [-0.1, -0.05) is 11.6 Å². The van der Waals surface area contributed by atoms with E-state index in [0.717, 1.165) is 6.26 Å². The first-order valence-corrected chi connectivity index (χ1v) is 9.83. The molecule has 3 heterocycles. The second-order valence-corrected chi connectivity index (χ2v) is 8.27. The van der Waals surface area contributed by atoms with E-state index >= 15 is 0 Å². The van der Waals surface area contributed by atoms with Crippen LogP contribution in [0.2, 0.25) is 5.15 Å². The van der Waals surface area contributed by atoms with Gasteiger partial charge in [0.05, 0.1) is 5.39 Å². The number of aromatic nitrogens is 3. The fourth-order valence-corrected chi connectivity index (χ4v) is 3.48. The minimum Gasteiger partial charge on any atom is -0.465 e. The number of sulfone groups is 1. The maximum absolute atomic E-state index is 14.4. The Kier molecular flexibility index (Phi) is 4.61. The van der Waals surface area contributed by atoms with Crippen molar-refractivity contribution >= 4 is 44.3 Å². The molecule has 1 aliphatic heterocycles. The normalized spacial score (nSPS) is 18.4. The molecule has 1 N–H and O–H groups in total. The highest BCUT2D eigenvalue weighted by molar-refractivity contribution is 7.90. The van der Waals surface area contributed by atoms with Crippen LogP contribution >= 0.6 is 11.6 Å². The summed E-state index contributed by atoms with van der Waals surface area (Å²) in [4.78, 5) is 25.8. The van der Waals surface area contributed by atoms with Crippen LogP contribution in [0.1, 0.15) is 6.92 Å². The number of anilines is 1.